The normalized spacial score (nSPS) is 20.3. The van der Waals surface area contributed by atoms with E-state index >= 15 is 0 Å². The minimum Gasteiger partial charge on any atom is -0.497 e. The molecule has 1 aromatic carbocycles. The van der Waals surface area contributed by atoms with Crippen molar-refractivity contribution in [3.8, 4) is 5.75 Å². The van der Waals surface area contributed by atoms with Crippen LogP contribution < -0.4 is 4.74 Å². The number of hydrogen-bond donors (Lipinski definition) is 0. The lowest BCUT2D eigenvalue weighted by Gasteiger charge is -2.23. The van der Waals surface area contributed by atoms with Crippen LogP contribution in [-0.4, -0.2) is 31.9 Å². The van der Waals surface area contributed by atoms with E-state index in [1.807, 2.05) is 0 Å². The molecular weight excluding hydrogens is 282 g/mol. The van der Waals surface area contributed by atoms with Gasteiger partial charge in [-0.2, -0.15) is 0 Å². The zero-order chi connectivity index (χ0) is 15.6. The molecule has 21 heavy (non-hydrogen) atoms. The quantitative estimate of drug-likeness (QED) is 0.476. The van der Waals surface area contributed by atoms with Crippen LogP contribution in [0.3, 0.4) is 0 Å². The molecule has 0 radical (unpaired) electrons. The summed E-state index contributed by atoms with van der Waals surface area (Å²) in [5.74, 6) is -1.79. The summed E-state index contributed by atoms with van der Waals surface area (Å²) in [7, 11) is 1.40. The Balaban J connectivity index is 2.44. The van der Waals surface area contributed by atoms with Crippen LogP contribution in [0, 0.1) is 5.41 Å². The van der Waals surface area contributed by atoms with Crippen molar-refractivity contribution in [3.63, 3.8) is 0 Å². The summed E-state index contributed by atoms with van der Waals surface area (Å²) in [4.78, 5) is 24.4. The number of carbonyl (C=O) groups excluding carboxylic acids is 2. The fourth-order valence-corrected chi connectivity index (χ4v) is 2.36. The lowest BCUT2D eigenvalue weighted by Crippen LogP contribution is -2.45. The highest BCUT2D eigenvalue weighted by molar-refractivity contribution is 6.16. The molecule has 2 rings (SSSR count). The van der Waals surface area contributed by atoms with Gasteiger partial charge in [-0.25, -0.2) is 8.78 Å². The van der Waals surface area contributed by atoms with Crippen LogP contribution in [-0.2, 0) is 16.0 Å². The summed E-state index contributed by atoms with van der Waals surface area (Å²) >= 11 is 0. The second kappa shape index (κ2) is 5.63. The highest BCUT2D eigenvalue weighted by Crippen LogP contribution is 2.43. The summed E-state index contributed by atoms with van der Waals surface area (Å²) in [5, 5.41) is 0. The fraction of sp³-hybridized carbons (Fsp3) is 0.333. The summed E-state index contributed by atoms with van der Waals surface area (Å²) in [6.07, 6.45) is -2.27. The van der Waals surface area contributed by atoms with Gasteiger partial charge in [-0.3, -0.25) is 9.59 Å². The average molecular weight is 296 g/mol. The van der Waals surface area contributed by atoms with Crippen LogP contribution >= 0.6 is 0 Å². The number of rotatable bonds is 5. The Bertz CT molecular complexity index is 597. The second-order valence-corrected chi connectivity index (χ2v) is 4.69. The average Bonchev–Trinajstić information content (AvgIpc) is 2.78. The number of methoxy groups -OCH3 is 1. The summed E-state index contributed by atoms with van der Waals surface area (Å²) in [5.41, 5.74) is -2.01. The van der Waals surface area contributed by atoms with Gasteiger partial charge >= 0.3 is 5.97 Å². The lowest BCUT2D eigenvalue weighted by molar-refractivity contribution is -0.159. The molecule has 1 aromatic rings. The molecular formula is C15H14F2O4. The molecule has 1 aliphatic rings. The van der Waals surface area contributed by atoms with Crippen LogP contribution in [0.4, 0.5) is 8.78 Å². The Labute approximate surface area is 120 Å². The molecule has 0 saturated heterocycles. The molecule has 0 bridgehead atoms. The first kappa shape index (κ1) is 15.2. The summed E-state index contributed by atoms with van der Waals surface area (Å²) in [6, 6.07) is 4.43. The number of halogens is 2. The first-order chi connectivity index (χ1) is 9.97. The van der Waals surface area contributed by atoms with Crippen molar-refractivity contribution in [2.45, 2.75) is 12.8 Å². The van der Waals surface area contributed by atoms with E-state index in [2.05, 4.69) is 6.58 Å². The molecule has 0 amide bonds. The van der Waals surface area contributed by atoms with E-state index in [0.29, 0.717) is 11.3 Å². The molecule has 0 fully saturated rings. The maximum absolute atomic E-state index is 13.5. The number of fused-ring (bicyclic) bond motifs is 1. The minimum absolute atomic E-state index is 0.0743. The molecule has 0 aromatic heterocycles. The van der Waals surface area contributed by atoms with Crippen molar-refractivity contribution >= 4 is 11.8 Å². The Kier molecular flexibility index (Phi) is 4.06. The second-order valence-electron chi connectivity index (χ2n) is 4.69. The highest BCUT2D eigenvalue weighted by Gasteiger charge is 2.59. The van der Waals surface area contributed by atoms with E-state index in [1.54, 1.807) is 6.07 Å². The molecule has 0 heterocycles. The Hall–Kier alpha value is -2.24. The van der Waals surface area contributed by atoms with Crippen molar-refractivity contribution in [3.05, 3.63) is 42.0 Å². The Morgan fingerprint density at radius 3 is 2.81 bits per heavy atom. The van der Waals surface area contributed by atoms with E-state index < -0.39 is 23.6 Å². The molecule has 0 saturated carbocycles. The van der Waals surface area contributed by atoms with Crippen LogP contribution in [0.1, 0.15) is 15.9 Å². The van der Waals surface area contributed by atoms with Crippen molar-refractivity contribution in [2.24, 2.45) is 5.41 Å². The van der Waals surface area contributed by atoms with Gasteiger partial charge in [0.2, 0.25) is 0 Å². The number of Topliss-reactive ketones (excluding diaryl/α,β-unsaturated/α-hetero) is 1. The van der Waals surface area contributed by atoms with E-state index in [0.717, 1.165) is 0 Å². The predicted octanol–water partition coefficient (Wildman–Crippen LogP) is 2.41. The highest BCUT2D eigenvalue weighted by atomic mass is 19.3. The van der Waals surface area contributed by atoms with Crippen molar-refractivity contribution < 1.29 is 27.8 Å². The third-order valence-corrected chi connectivity index (χ3v) is 3.51. The molecule has 0 N–H and O–H groups in total. The third kappa shape index (κ3) is 2.30. The predicted molar refractivity (Wildman–Crippen MR) is 70.6 cm³/mol. The number of ketones is 1. The number of ether oxygens (including phenoxy) is 2. The molecule has 0 spiro atoms. The van der Waals surface area contributed by atoms with Crippen molar-refractivity contribution in [1.82, 2.24) is 0 Å². The van der Waals surface area contributed by atoms with E-state index in [9.17, 15) is 18.4 Å². The van der Waals surface area contributed by atoms with Gasteiger partial charge in [0, 0.05) is 12.0 Å². The van der Waals surface area contributed by atoms with E-state index in [-0.39, 0.29) is 18.6 Å². The Morgan fingerprint density at radius 2 is 2.24 bits per heavy atom. The largest absolute Gasteiger partial charge is 0.497 e. The van der Waals surface area contributed by atoms with Crippen molar-refractivity contribution in [2.75, 3.05) is 13.7 Å². The zero-order valence-electron chi connectivity index (χ0n) is 11.4. The summed E-state index contributed by atoms with van der Waals surface area (Å²) < 4.78 is 36.7. The third-order valence-electron chi connectivity index (χ3n) is 3.51. The van der Waals surface area contributed by atoms with Crippen LogP contribution in [0.2, 0.25) is 0 Å². The van der Waals surface area contributed by atoms with Gasteiger partial charge in [-0.15, -0.1) is 0 Å². The van der Waals surface area contributed by atoms with E-state index in [4.69, 9.17) is 9.47 Å². The number of carbonyl (C=O) groups is 2. The van der Waals surface area contributed by atoms with Crippen molar-refractivity contribution in [1.29, 1.82) is 0 Å². The van der Waals surface area contributed by atoms with Gasteiger partial charge in [0.05, 0.1) is 7.11 Å². The molecule has 4 nitrogen and oxygen atoms in total. The topological polar surface area (TPSA) is 52.6 Å². The van der Waals surface area contributed by atoms with Gasteiger partial charge in [0.15, 0.2) is 11.2 Å². The smallest absolute Gasteiger partial charge is 0.326 e. The maximum Gasteiger partial charge on any atom is 0.326 e. The molecule has 6 heteroatoms. The standard InChI is InChI=1S/C15H14F2O4/c1-3-6-21-14(19)15(13(16)17)8-9-4-5-10(20-2)7-11(9)12(15)18/h3-5,7,13H,1,6,8H2,2H3. The van der Waals surface area contributed by atoms with Gasteiger partial charge in [0.25, 0.3) is 6.43 Å². The number of hydrogen-bond acceptors (Lipinski definition) is 4. The SMILES string of the molecule is C=CCOC(=O)C1(C(F)F)Cc2ccc(OC)cc2C1=O. The molecule has 0 aliphatic heterocycles. The number of alkyl halides is 2. The Morgan fingerprint density at radius 1 is 1.52 bits per heavy atom. The lowest BCUT2D eigenvalue weighted by atomic mass is 9.84. The molecule has 1 atom stereocenters. The van der Waals surface area contributed by atoms with Gasteiger partial charge in [-0.05, 0) is 17.7 Å². The summed E-state index contributed by atoms with van der Waals surface area (Å²) in [6.45, 7) is 3.12. The molecule has 112 valence electrons. The van der Waals surface area contributed by atoms with Crippen LogP contribution in [0.5, 0.6) is 5.75 Å². The molecule has 1 aliphatic carbocycles. The van der Waals surface area contributed by atoms with Crippen LogP contribution in [0.15, 0.2) is 30.9 Å². The van der Waals surface area contributed by atoms with Gasteiger partial charge in [0.1, 0.15) is 12.4 Å². The maximum atomic E-state index is 13.5. The van der Waals surface area contributed by atoms with Gasteiger partial charge in [-0.1, -0.05) is 18.7 Å². The first-order valence-corrected chi connectivity index (χ1v) is 6.25. The zero-order valence-corrected chi connectivity index (χ0v) is 11.4. The van der Waals surface area contributed by atoms with Crippen LogP contribution in [0.25, 0.3) is 0 Å². The van der Waals surface area contributed by atoms with E-state index in [1.165, 1.54) is 25.3 Å². The fourth-order valence-electron chi connectivity index (χ4n) is 2.36. The monoisotopic (exact) mass is 296 g/mol. The first-order valence-electron chi connectivity index (χ1n) is 6.25. The number of benzene rings is 1. The number of esters is 1. The van der Waals surface area contributed by atoms with Gasteiger partial charge < -0.3 is 9.47 Å². The molecule has 1 unspecified atom stereocenters. The minimum atomic E-state index is -3.15.